The van der Waals surface area contributed by atoms with Crippen molar-refractivity contribution in [3.8, 4) is 5.75 Å². The number of carbonyl (C=O) groups is 1. The van der Waals surface area contributed by atoms with Crippen molar-refractivity contribution in [2.24, 2.45) is 0 Å². The lowest BCUT2D eigenvalue weighted by Crippen LogP contribution is -2.08. The Balaban J connectivity index is 2.53. The van der Waals surface area contributed by atoms with Crippen LogP contribution >= 0.6 is 0 Å². The molecule has 1 aromatic carbocycles. The van der Waals surface area contributed by atoms with Crippen molar-refractivity contribution in [2.45, 2.75) is 12.8 Å². The van der Waals surface area contributed by atoms with Gasteiger partial charge in [-0.2, -0.15) is 0 Å². The third-order valence-electron chi connectivity index (χ3n) is 2.87. The Labute approximate surface area is 106 Å². The first-order valence-corrected chi connectivity index (χ1v) is 5.85. The lowest BCUT2D eigenvalue weighted by Gasteiger charge is -2.12. The number of hydrogen-bond acceptors (Lipinski definition) is 4. The summed E-state index contributed by atoms with van der Waals surface area (Å²) in [4.78, 5) is 12.0. The summed E-state index contributed by atoms with van der Waals surface area (Å²) in [5.74, 6) is 0.934. The number of carbonyl (C=O) groups excluding carboxylic acids is 1. The highest BCUT2D eigenvalue weighted by Gasteiger charge is 2.24. The molecule has 0 amide bonds. The Morgan fingerprint density at radius 1 is 1.28 bits per heavy atom. The summed E-state index contributed by atoms with van der Waals surface area (Å²) in [6, 6.07) is 7.36. The van der Waals surface area contributed by atoms with E-state index < -0.39 is 5.97 Å². The molecule has 1 aliphatic heterocycles. The number of allylic oxidation sites excluding steroid dienone is 1. The van der Waals surface area contributed by atoms with Gasteiger partial charge >= 0.3 is 5.97 Å². The van der Waals surface area contributed by atoms with Gasteiger partial charge in [0, 0.05) is 12.0 Å². The zero-order valence-corrected chi connectivity index (χ0v) is 10.6. The average Bonchev–Trinajstić information content (AvgIpc) is 2.93. The van der Waals surface area contributed by atoms with Crippen molar-refractivity contribution in [3.05, 3.63) is 35.6 Å². The second-order valence-electron chi connectivity index (χ2n) is 3.94. The fourth-order valence-electron chi connectivity index (χ4n) is 2.02. The molecule has 96 valence electrons. The van der Waals surface area contributed by atoms with E-state index in [-0.39, 0.29) is 0 Å². The number of ether oxygens (including phenoxy) is 3. The predicted molar refractivity (Wildman–Crippen MR) is 67.1 cm³/mol. The number of esters is 1. The van der Waals surface area contributed by atoms with E-state index in [0.717, 1.165) is 12.8 Å². The van der Waals surface area contributed by atoms with Gasteiger partial charge in [-0.15, -0.1) is 0 Å². The molecular weight excluding hydrogens is 232 g/mol. The lowest BCUT2D eigenvalue weighted by molar-refractivity contribution is -0.133. The van der Waals surface area contributed by atoms with Gasteiger partial charge in [-0.1, -0.05) is 18.2 Å². The van der Waals surface area contributed by atoms with E-state index in [2.05, 4.69) is 0 Å². The standard InChI is InChI=1S/C14H16O4/c1-16-11-7-4-3-6-10(11)13(14(15)17-2)12-8-5-9-18-12/h3-4,6-7H,5,8-9H2,1-2H3/b13-12-. The summed E-state index contributed by atoms with van der Waals surface area (Å²) in [7, 11) is 2.95. The molecule has 4 nitrogen and oxygen atoms in total. The van der Waals surface area contributed by atoms with Crippen LogP contribution in [0.1, 0.15) is 18.4 Å². The Kier molecular flexibility index (Phi) is 3.87. The molecule has 4 heteroatoms. The van der Waals surface area contributed by atoms with Crippen LogP contribution in [0.15, 0.2) is 30.0 Å². The maximum Gasteiger partial charge on any atom is 0.342 e. The molecule has 0 aromatic heterocycles. The van der Waals surface area contributed by atoms with E-state index in [0.29, 0.717) is 29.3 Å². The Bertz CT molecular complexity index is 468. The fourth-order valence-corrected chi connectivity index (χ4v) is 2.02. The summed E-state index contributed by atoms with van der Waals surface area (Å²) in [5.41, 5.74) is 1.18. The molecule has 1 aromatic rings. The van der Waals surface area contributed by atoms with Gasteiger partial charge in [0.25, 0.3) is 0 Å². The summed E-state index contributed by atoms with van der Waals surface area (Å²) in [6.07, 6.45) is 1.67. The highest BCUT2D eigenvalue weighted by molar-refractivity contribution is 6.18. The molecule has 0 unspecified atom stereocenters. The van der Waals surface area contributed by atoms with Crippen molar-refractivity contribution in [1.29, 1.82) is 0 Å². The van der Waals surface area contributed by atoms with Gasteiger partial charge in [-0.05, 0) is 12.5 Å². The van der Waals surface area contributed by atoms with Crippen molar-refractivity contribution in [2.75, 3.05) is 20.8 Å². The SMILES string of the molecule is COC(=O)/C(=C1/CCCO1)c1ccccc1OC. The molecule has 1 saturated heterocycles. The molecule has 0 saturated carbocycles. The smallest absolute Gasteiger partial charge is 0.342 e. The number of methoxy groups -OCH3 is 2. The third-order valence-corrected chi connectivity index (χ3v) is 2.87. The van der Waals surface area contributed by atoms with Gasteiger partial charge in [-0.25, -0.2) is 4.79 Å². The minimum absolute atomic E-state index is 0.392. The van der Waals surface area contributed by atoms with E-state index >= 15 is 0 Å². The van der Waals surface area contributed by atoms with Gasteiger partial charge in [0.05, 0.1) is 20.8 Å². The van der Waals surface area contributed by atoms with Crippen molar-refractivity contribution < 1.29 is 19.0 Å². The van der Waals surface area contributed by atoms with Crippen molar-refractivity contribution in [1.82, 2.24) is 0 Å². The summed E-state index contributed by atoms with van der Waals surface area (Å²) < 4.78 is 15.6. The van der Waals surface area contributed by atoms with Crippen LogP contribution in [0.4, 0.5) is 0 Å². The summed E-state index contributed by atoms with van der Waals surface area (Å²) >= 11 is 0. The number of benzene rings is 1. The Hall–Kier alpha value is -1.97. The van der Waals surface area contributed by atoms with Gasteiger partial charge in [0.15, 0.2) is 0 Å². The van der Waals surface area contributed by atoms with Crippen LogP contribution in [0.5, 0.6) is 5.75 Å². The van der Waals surface area contributed by atoms with E-state index in [1.54, 1.807) is 7.11 Å². The molecule has 2 rings (SSSR count). The average molecular weight is 248 g/mol. The first-order chi connectivity index (χ1) is 8.77. The Morgan fingerprint density at radius 2 is 2.06 bits per heavy atom. The molecule has 1 fully saturated rings. The van der Waals surface area contributed by atoms with Crippen LogP contribution in [0.25, 0.3) is 5.57 Å². The largest absolute Gasteiger partial charge is 0.497 e. The zero-order valence-electron chi connectivity index (χ0n) is 10.6. The maximum atomic E-state index is 12.0. The van der Waals surface area contributed by atoms with Crippen LogP contribution in [-0.2, 0) is 14.3 Å². The van der Waals surface area contributed by atoms with E-state index in [1.807, 2.05) is 24.3 Å². The zero-order chi connectivity index (χ0) is 13.0. The monoisotopic (exact) mass is 248 g/mol. The van der Waals surface area contributed by atoms with Crippen LogP contribution in [-0.4, -0.2) is 26.8 Å². The van der Waals surface area contributed by atoms with Gasteiger partial charge in [0.2, 0.25) is 0 Å². The van der Waals surface area contributed by atoms with E-state index in [9.17, 15) is 4.79 Å². The topological polar surface area (TPSA) is 44.8 Å². The molecule has 0 bridgehead atoms. The third kappa shape index (κ3) is 2.32. The number of hydrogen-bond donors (Lipinski definition) is 0. The molecule has 1 heterocycles. The predicted octanol–water partition coefficient (Wildman–Crippen LogP) is 2.39. The quantitative estimate of drug-likeness (QED) is 0.608. The lowest BCUT2D eigenvalue weighted by atomic mass is 10.0. The minimum Gasteiger partial charge on any atom is -0.497 e. The molecule has 0 aliphatic carbocycles. The molecule has 0 N–H and O–H groups in total. The van der Waals surface area contributed by atoms with Crippen LogP contribution in [0.2, 0.25) is 0 Å². The second-order valence-corrected chi connectivity index (χ2v) is 3.94. The van der Waals surface area contributed by atoms with Crippen LogP contribution < -0.4 is 4.74 Å². The molecule has 0 spiro atoms. The van der Waals surface area contributed by atoms with Crippen molar-refractivity contribution >= 4 is 11.5 Å². The van der Waals surface area contributed by atoms with Gasteiger partial charge in [0.1, 0.15) is 17.1 Å². The van der Waals surface area contributed by atoms with E-state index in [4.69, 9.17) is 14.2 Å². The van der Waals surface area contributed by atoms with Crippen LogP contribution in [0.3, 0.4) is 0 Å². The van der Waals surface area contributed by atoms with Crippen LogP contribution in [0, 0.1) is 0 Å². The highest BCUT2D eigenvalue weighted by atomic mass is 16.5. The van der Waals surface area contributed by atoms with E-state index in [1.165, 1.54) is 7.11 Å². The molecule has 18 heavy (non-hydrogen) atoms. The first kappa shape index (κ1) is 12.5. The molecule has 0 radical (unpaired) electrons. The summed E-state index contributed by atoms with van der Waals surface area (Å²) in [6.45, 7) is 0.644. The fraction of sp³-hybridized carbons (Fsp3) is 0.357. The number of rotatable bonds is 3. The highest BCUT2D eigenvalue weighted by Crippen LogP contribution is 2.33. The first-order valence-electron chi connectivity index (χ1n) is 5.85. The van der Waals surface area contributed by atoms with Crippen molar-refractivity contribution in [3.63, 3.8) is 0 Å². The molecule has 1 aliphatic rings. The Morgan fingerprint density at radius 3 is 2.67 bits per heavy atom. The minimum atomic E-state index is -0.392. The summed E-state index contributed by atoms with van der Waals surface area (Å²) in [5, 5.41) is 0. The number of para-hydroxylation sites is 1. The molecule has 0 atom stereocenters. The second kappa shape index (κ2) is 5.58. The normalized spacial score (nSPS) is 17.0. The maximum absolute atomic E-state index is 12.0. The van der Waals surface area contributed by atoms with Gasteiger partial charge in [-0.3, -0.25) is 0 Å². The van der Waals surface area contributed by atoms with Gasteiger partial charge < -0.3 is 14.2 Å². The molecular formula is C14H16O4.